The first-order valence-electron chi connectivity index (χ1n) is 13.2. The van der Waals surface area contributed by atoms with Crippen molar-refractivity contribution in [2.24, 2.45) is 11.0 Å². The fraction of sp³-hybridized carbons (Fsp3) is 0.379. The van der Waals surface area contributed by atoms with Gasteiger partial charge in [0, 0.05) is 12.5 Å². The first kappa shape index (κ1) is 26.8. The van der Waals surface area contributed by atoms with E-state index >= 15 is 0 Å². The molecule has 3 aromatic rings. The molecule has 0 radical (unpaired) electrons. The summed E-state index contributed by atoms with van der Waals surface area (Å²) in [5.74, 6) is 1.68. The highest BCUT2D eigenvalue weighted by atomic mass is 32.2. The minimum atomic E-state index is -0.261. The largest absolute Gasteiger partial charge is 0.497 e. The van der Waals surface area contributed by atoms with Crippen molar-refractivity contribution in [3.05, 3.63) is 75.7 Å². The molecule has 2 atom stereocenters. The molecule has 1 fully saturated rings. The zero-order valence-electron chi connectivity index (χ0n) is 22.4. The van der Waals surface area contributed by atoms with Crippen LogP contribution in [-0.4, -0.2) is 51.4 Å². The molecular formula is C29H33N5O4S. The number of methoxy groups -OCH3 is 2. The number of nitrogens with one attached hydrogen (secondary N) is 1. The number of hydrogen-bond acceptors (Lipinski definition) is 7. The van der Waals surface area contributed by atoms with Crippen LogP contribution in [0.1, 0.15) is 49.8 Å². The monoisotopic (exact) mass is 547 g/mol. The molecule has 39 heavy (non-hydrogen) atoms. The van der Waals surface area contributed by atoms with Gasteiger partial charge in [-0.3, -0.25) is 9.36 Å². The summed E-state index contributed by atoms with van der Waals surface area (Å²) in [6.45, 7) is 2.55. The molecule has 1 N–H and O–H groups in total. The third kappa shape index (κ3) is 5.66. The van der Waals surface area contributed by atoms with Crippen LogP contribution in [0.15, 0.2) is 69.2 Å². The molecular weight excluding hydrogens is 514 g/mol. The quantitative estimate of drug-likeness (QED) is 0.382. The maximum atomic E-state index is 13.7. The van der Waals surface area contributed by atoms with Crippen LogP contribution in [0.25, 0.3) is 6.08 Å². The lowest BCUT2D eigenvalue weighted by molar-refractivity contribution is -0.130. The Kier molecular flexibility index (Phi) is 8.21. The van der Waals surface area contributed by atoms with E-state index in [-0.39, 0.29) is 29.3 Å². The SMILES string of the molecule is CCCn1c(SCC(=O)N2N=C3/C(=C\c4ccc(OC)cc4)CCC[C@H]3[C@@H]2c2ccc(OC)cc2)n[nH]c1=O. The number of nitrogens with zero attached hydrogens (tertiary/aromatic N) is 4. The van der Waals surface area contributed by atoms with Crippen molar-refractivity contribution in [2.45, 2.75) is 50.4 Å². The van der Waals surface area contributed by atoms with Gasteiger partial charge in [0.25, 0.3) is 5.91 Å². The molecule has 1 aromatic heterocycles. The zero-order chi connectivity index (χ0) is 27.4. The summed E-state index contributed by atoms with van der Waals surface area (Å²) in [6, 6.07) is 15.6. The van der Waals surface area contributed by atoms with Crippen LogP contribution in [0.2, 0.25) is 0 Å². The van der Waals surface area contributed by atoms with E-state index in [1.54, 1.807) is 23.8 Å². The highest BCUT2D eigenvalue weighted by Gasteiger charge is 2.43. The number of hydrogen-bond donors (Lipinski definition) is 1. The first-order chi connectivity index (χ1) is 19.0. The first-order valence-corrected chi connectivity index (χ1v) is 14.2. The highest BCUT2D eigenvalue weighted by molar-refractivity contribution is 7.99. The summed E-state index contributed by atoms with van der Waals surface area (Å²) < 4.78 is 12.2. The van der Waals surface area contributed by atoms with E-state index in [2.05, 4.69) is 16.3 Å². The fourth-order valence-corrected chi connectivity index (χ4v) is 6.09. The lowest BCUT2D eigenvalue weighted by Crippen LogP contribution is -2.33. The van der Waals surface area contributed by atoms with Gasteiger partial charge in [-0.1, -0.05) is 43.0 Å². The second-order valence-electron chi connectivity index (χ2n) is 9.63. The molecule has 0 spiro atoms. The molecule has 0 saturated heterocycles. The van der Waals surface area contributed by atoms with Crippen molar-refractivity contribution in [3.8, 4) is 11.5 Å². The van der Waals surface area contributed by atoms with Gasteiger partial charge in [0.1, 0.15) is 11.5 Å². The second kappa shape index (κ2) is 11.9. The predicted molar refractivity (Wildman–Crippen MR) is 152 cm³/mol. The Morgan fingerprint density at radius 2 is 1.79 bits per heavy atom. The molecule has 1 saturated carbocycles. The standard InChI is InChI=1S/C29H33N5O4S/c1-4-16-33-28(36)30-31-29(33)39-18-25(35)34-27(20-10-14-23(38-3)15-11-20)24-7-5-6-21(26(24)32-34)17-19-8-12-22(37-2)13-9-19/h8-15,17,24,27H,4-7,16,18H2,1-3H3,(H,30,36)/b21-17-/t24-,27+/m1/s1. The van der Waals surface area contributed by atoms with E-state index in [1.165, 1.54) is 11.8 Å². The Labute approximate surface area is 231 Å². The van der Waals surface area contributed by atoms with Crippen LogP contribution < -0.4 is 15.2 Å². The summed E-state index contributed by atoms with van der Waals surface area (Å²) in [4.78, 5) is 25.8. The highest BCUT2D eigenvalue weighted by Crippen LogP contribution is 2.45. The molecule has 2 aliphatic rings. The van der Waals surface area contributed by atoms with Crippen LogP contribution in [0.3, 0.4) is 0 Å². The van der Waals surface area contributed by atoms with Gasteiger partial charge in [0.2, 0.25) is 0 Å². The Hall–Kier alpha value is -3.79. The summed E-state index contributed by atoms with van der Waals surface area (Å²) >= 11 is 1.26. The molecule has 9 nitrogen and oxygen atoms in total. The molecule has 1 aliphatic heterocycles. The topological polar surface area (TPSA) is 102 Å². The molecule has 1 amide bonds. The Morgan fingerprint density at radius 1 is 1.10 bits per heavy atom. The number of amides is 1. The normalized spacial score (nSPS) is 19.6. The number of allylic oxidation sites excluding steroid dienone is 1. The van der Waals surface area contributed by atoms with Crippen molar-refractivity contribution in [2.75, 3.05) is 20.0 Å². The molecule has 2 heterocycles. The lowest BCUT2D eigenvalue weighted by atomic mass is 9.77. The average Bonchev–Trinajstić information content (AvgIpc) is 3.53. The van der Waals surface area contributed by atoms with E-state index in [1.807, 2.05) is 55.5 Å². The van der Waals surface area contributed by atoms with Crippen LogP contribution in [0, 0.1) is 5.92 Å². The number of carbonyl (C=O) groups is 1. The lowest BCUT2D eigenvalue weighted by Gasteiger charge is -2.29. The number of ether oxygens (including phenoxy) is 2. The van der Waals surface area contributed by atoms with E-state index in [0.717, 1.165) is 59.6 Å². The van der Waals surface area contributed by atoms with Crippen molar-refractivity contribution in [1.29, 1.82) is 0 Å². The minimum absolute atomic E-state index is 0.0919. The number of thioether (sulfide) groups is 1. The van der Waals surface area contributed by atoms with E-state index in [0.29, 0.717) is 11.7 Å². The van der Waals surface area contributed by atoms with Crippen molar-refractivity contribution < 1.29 is 14.3 Å². The summed E-state index contributed by atoms with van der Waals surface area (Å²) in [5, 5.41) is 13.7. The number of aromatic nitrogens is 3. The minimum Gasteiger partial charge on any atom is -0.497 e. The molecule has 204 valence electrons. The Balaban J connectivity index is 1.45. The molecule has 2 aromatic carbocycles. The third-order valence-electron chi connectivity index (χ3n) is 7.17. The van der Waals surface area contributed by atoms with Gasteiger partial charge in [-0.25, -0.2) is 14.9 Å². The average molecular weight is 548 g/mol. The van der Waals surface area contributed by atoms with Crippen LogP contribution in [0.5, 0.6) is 11.5 Å². The molecule has 10 heteroatoms. The fourth-order valence-electron chi connectivity index (χ4n) is 5.27. The van der Waals surface area contributed by atoms with Gasteiger partial charge in [-0.05, 0) is 72.7 Å². The molecule has 5 rings (SSSR count). The van der Waals surface area contributed by atoms with Gasteiger partial charge < -0.3 is 9.47 Å². The smallest absolute Gasteiger partial charge is 0.343 e. The summed E-state index contributed by atoms with van der Waals surface area (Å²) in [7, 11) is 3.30. The zero-order valence-corrected chi connectivity index (χ0v) is 23.2. The maximum Gasteiger partial charge on any atom is 0.343 e. The summed E-state index contributed by atoms with van der Waals surface area (Å²) in [6.07, 6.45) is 5.84. The number of hydrazone groups is 1. The van der Waals surface area contributed by atoms with Crippen LogP contribution >= 0.6 is 11.8 Å². The van der Waals surface area contributed by atoms with Crippen LogP contribution in [-0.2, 0) is 11.3 Å². The number of fused-ring (bicyclic) bond motifs is 1. The van der Waals surface area contributed by atoms with E-state index in [4.69, 9.17) is 14.6 Å². The van der Waals surface area contributed by atoms with Crippen molar-refractivity contribution in [3.63, 3.8) is 0 Å². The van der Waals surface area contributed by atoms with E-state index in [9.17, 15) is 9.59 Å². The Bertz CT molecular complexity index is 1430. The van der Waals surface area contributed by atoms with Gasteiger partial charge in [-0.15, -0.1) is 5.10 Å². The predicted octanol–water partition coefficient (Wildman–Crippen LogP) is 4.91. The third-order valence-corrected chi connectivity index (χ3v) is 8.13. The molecule has 0 bridgehead atoms. The van der Waals surface area contributed by atoms with Gasteiger partial charge in [0.15, 0.2) is 5.16 Å². The second-order valence-corrected chi connectivity index (χ2v) is 10.6. The molecule has 0 unspecified atom stereocenters. The van der Waals surface area contributed by atoms with Gasteiger partial charge in [0.05, 0.1) is 31.7 Å². The van der Waals surface area contributed by atoms with Crippen LogP contribution in [0.4, 0.5) is 0 Å². The maximum absolute atomic E-state index is 13.7. The number of carbonyl (C=O) groups excluding carboxylic acids is 1. The molecule has 1 aliphatic carbocycles. The van der Waals surface area contributed by atoms with Crippen molar-refractivity contribution in [1.82, 2.24) is 19.8 Å². The number of benzene rings is 2. The number of H-pyrrole nitrogens is 1. The van der Waals surface area contributed by atoms with Gasteiger partial charge in [-0.2, -0.15) is 5.10 Å². The number of rotatable bonds is 9. The Morgan fingerprint density at radius 3 is 2.46 bits per heavy atom. The van der Waals surface area contributed by atoms with Crippen molar-refractivity contribution >= 4 is 29.5 Å². The van der Waals surface area contributed by atoms with E-state index < -0.39 is 0 Å². The summed E-state index contributed by atoms with van der Waals surface area (Å²) in [5.41, 5.74) is 3.96. The number of aromatic amines is 1. The van der Waals surface area contributed by atoms with Gasteiger partial charge >= 0.3 is 5.69 Å².